The number of benzene rings is 2. The van der Waals surface area contributed by atoms with E-state index in [9.17, 15) is 4.79 Å². The van der Waals surface area contributed by atoms with E-state index in [1.807, 2.05) is 54.6 Å². The maximum Gasteiger partial charge on any atom is 0.225 e. The van der Waals surface area contributed by atoms with Gasteiger partial charge in [0.25, 0.3) is 0 Å². The molecular formula is C20H21N3O2. The van der Waals surface area contributed by atoms with E-state index < -0.39 is 0 Å². The van der Waals surface area contributed by atoms with Gasteiger partial charge in [0, 0.05) is 31.1 Å². The lowest BCUT2D eigenvalue weighted by Gasteiger charge is -2.09. The number of carbonyl (C=O) groups is 1. The first-order valence-corrected chi connectivity index (χ1v) is 8.23. The zero-order chi connectivity index (χ0) is 17.5. The Bertz CT molecular complexity index is 842. The quantitative estimate of drug-likeness (QED) is 0.650. The molecule has 0 unspecified atom stereocenters. The van der Waals surface area contributed by atoms with Crippen molar-refractivity contribution in [3.63, 3.8) is 0 Å². The Morgan fingerprint density at radius 2 is 1.88 bits per heavy atom. The summed E-state index contributed by atoms with van der Waals surface area (Å²) in [5, 5.41) is 7.23. The Labute approximate surface area is 147 Å². The van der Waals surface area contributed by atoms with Gasteiger partial charge < -0.3 is 15.4 Å². The van der Waals surface area contributed by atoms with Crippen molar-refractivity contribution in [3.8, 4) is 5.75 Å². The second-order valence-corrected chi connectivity index (χ2v) is 5.70. The van der Waals surface area contributed by atoms with Gasteiger partial charge in [-0.05, 0) is 29.8 Å². The van der Waals surface area contributed by atoms with Crippen LogP contribution in [-0.2, 0) is 11.3 Å². The number of methoxy groups -OCH3 is 1. The van der Waals surface area contributed by atoms with E-state index in [0.717, 1.165) is 27.9 Å². The third-order valence-corrected chi connectivity index (χ3v) is 3.92. The lowest BCUT2D eigenvalue weighted by Crippen LogP contribution is -2.21. The molecule has 0 aliphatic heterocycles. The summed E-state index contributed by atoms with van der Waals surface area (Å²) in [6.45, 7) is 1.32. The Morgan fingerprint density at radius 3 is 2.68 bits per heavy atom. The van der Waals surface area contributed by atoms with Crippen LogP contribution in [0.15, 0.2) is 60.8 Å². The average molecular weight is 335 g/mol. The molecule has 0 fully saturated rings. The van der Waals surface area contributed by atoms with Gasteiger partial charge in [-0.25, -0.2) is 0 Å². The molecule has 0 aliphatic rings. The highest BCUT2D eigenvalue weighted by molar-refractivity contribution is 6.00. The van der Waals surface area contributed by atoms with Gasteiger partial charge in [-0.2, -0.15) is 0 Å². The zero-order valence-corrected chi connectivity index (χ0v) is 14.2. The molecule has 0 bridgehead atoms. The van der Waals surface area contributed by atoms with Gasteiger partial charge in [0.2, 0.25) is 5.91 Å². The van der Waals surface area contributed by atoms with Crippen molar-refractivity contribution in [3.05, 3.63) is 66.4 Å². The van der Waals surface area contributed by atoms with Crippen molar-refractivity contribution in [2.45, 2.75) is 13.0 Å². The summed E-state index contributed by atoms with van der Waals surface area (Å²) in [6, 6.07) is 17.5. The van der Waals surface area contributed by atoms with Crippen molar-refractivity contribution in [2.24, 2.45) is 0 Å². The van der Waals surface area contributed by atoms with E-state index >= 15 is 0 Å². The van der Waals surface area contributed by atoms with Gasteiger partial charge in [0.15, 0.2) is 0 Å². The van der Waals surface area contributed by atoms with Crippen LogP contribution in [0.25, 0.3) is 10.9 Å². The SMILES string of the molecule is COc1ccc(CNCCC(=O)Nc2cccc3cccnc23)cc1. The van der Waals surface area contributed by atoms with Crippen molar-refractivity contribution >= 4 is 22.5 Å². The number of hydrogen-bond donors (Lipinski definition) is 2. The van der Waals surface area contributed by atoms with E-state index in [-0.39, 0.29) is 5.91 Å². The summed E-state index contributed by atoms with van der Waals surface area (Å²) in [5.41, 5.74) is 2.71. The maximum atomic E-state index is 12.2. The number of ether oxygens (including phenoxy) is 1. The van der Waals surface area contributed by atoms with Crippen LogP contribution in [0, 0.1) is 0 Å². The Kier molecular flexibility index (Phi) is 5.59. The number of carbonyl (C=O) groups excluding carboxylic acids is 1. The minimum Gasteiger partial charge on any atom is -0.497 e. The van der Waals surface area contributed by atoms with Crippen LogP contribution in [0.4, 0.5) is 5.69 Å². The minimum atomic E-state index is -0.0274. The highest BCUT2D eigenvalue weighted by Crippen LogP contribution is 2.20. The molecule has 0 aliphatic carbocycles. The first-order chi connectivity index (χ1) is 12.3. The predicted molar refractivity (Wildman–Crippen MR) is 99.7 cm³/mol. The molecule has 0 spiro atoms. The molecule has 1 aromatic heterocycles. The monoisotopic (exact) mass is 335 g/mol. The standard InChI is InChI=1S/C20H21N3O2/c1-25-17-9-7-15(8-10-17)14-21-13-11-19(24)23-18-6-2-4-16-5-3-12-22-20(16)18/h2-10,12,21H,11,13-14H2,1H3,(H,23,24). The number of nitrogens with zero attached hydrogens (tertiary/aromatic N) is 1. The molecule has 128 valence electrons. The Morgan fingerprint density at radius 1 is 1.08 bits per heavy atom. The fourth-order valence-corrected chi connectivity index (χ4v) is 2.60. The first kappa shape index (κ1) is 16.9. The molecule has 2 aromatic carbocycles. The number of anilines is 1. The summed E-state index contributed by atoms with van der Waals surface area (Å²) in [5.74, 6) is 0.812. The third-order valence-electron chi connectivity index (χ3n) is 3.92. The minimum absolute atomic E-state index is 0.0274. The lowest BCUT2D eigenvalue weighted by atomic mass is 10.2. The molecule has 0 saturated heterocycles. The number of hydrogen-bond acceptors (Lipinski definition) is 4. The van der Waals surface area contributed by atoms with Gasteiger partial charge >= 0.3 is 0 Å². The molecule has 3 rings (SSSR count). The number of rotatable bonds is 7. The summed E-state index contributed by atoms with van der Waals surface area (Å²) in [6.07, 6.45) is 2.13. The molecule has 1 amide bonds. The highest BCUT2D eigenvalue weighted by Gasteiger charge is 2.06. The van der Waals surface area contributed by atoms with Crippen LogP contribution in [0.3, 0.4) is 0 Å². The summed E-state index contributed by atoms with van der Waals surface area (Å²) >= 11 is 0. The number of pyridine rings is 1. The second kappa shape index (κ2) is 8.26. The van der Waals surface area contributed by atoms with Gasteiger partial charge in [-0.3, -0.25) is 9.78 Å². The molecule has 0 atom stereocenters. The van der Waals surface area contributed by atoms with E-state index in [1.54, 1.807) is 13.3 Å². The maximum absolute atomic E-state index is 12.2. The van der Waals surface area contributed by atoms with Crippen LogP contribution in [0.1, 0.15) is 12.0 Å². The van der Waals surface area contributed by atoms with E-state index in [2.05, 4.69) is 15.6 Å². The molecule has 3 aromatic rings. The molecule has 0 radical (unpaired) electrons. The van der Waals surface area contributed by atoms with Crippen LogP contribution < -0.4 is 15.4 Å². The molecule has 0 saturated carbocycles. The van der Waals surface area contributed by atoms with Crippen LogP contribution in [0.5, 0.6) is 5.75 Å². The molecular weight excluding hydrogens is 314 g/mol. The van der Waals surface area contributed by atoms with Gasteiger partial charge in [-0.15, -0.1) is 0 Å². The van der Waals surface area contributed by atoms with Crippen molar-refractivity contribution < 1.29 is 9.53 Å². The molecule has 5 nitrogen and oxygen atoms in total. The summed E-state index contributed by atoms with van der Waals surface area (Å²) < 4.78 is 5.13. The molecule has 2 N–H and O–H groups in total. The fraction of sp³-hybridized carbons (Fsp3) is 0.200. The number of amides is 1. The van der Waals surface area contributed by atoms with Gasteiger partial charge in [0.05, 0.1) is 18.3 Å². The number of fused-ring (bicyclic) bond motifs is 1. The van der Waals surface area contributed by atoms with Crippen molar-refractivity contribution in [1.82, 2.24) is 10.3 Å². The first-order valence-electron chi connectivity index (χ1n) is 8.23. The largest absolute Gasteiger partial charge is 0.497 e. The fourth-order valence-electron chi connectivity index (χ4n) is 2.60. The lowest BCUT2D eigenvalue weighted by molar-refractivity contribution is -0.116. The van der Waals surface area contributed by atoms with E-state index in [0.29, 0.717) is 19.5 Å². The number of aromatic nitrogens is 1. The molecule has 1 heterocycles. The van der Waals surface area contributed by atoms with Crippen LogP contribution >= 0.6 is 0 Å². The second-order valence-electron chi connectivity index (χ2n) is 5.70. The highest BCUT2D eigenvalue weighted by atomic mass is 16.5. The smallest absolute Gasteiger partial charge is 0.225 e. The Balaban J connectivity index is 1.47. The van der Waals surface area contributed by atoms with Crippen LogP contribution in [-0.4, -0.2) is 24.5 Å². The normalized spacial score (nSPS) is 10.6. The average Bonchev–Trinajstić information content (AvgIpc) is 2.66. The summed E-state index contributed by atoms with van der Waals surface area (Å²) in [4.78, 5) is 16.5. The third kappa shape index (κ3) is 4.55. The number of para-hydroxylation sites is 1. The Hall–Kier alpha value is -2.92. The van der Waals surface area contributed by atoms with Crippen molar-refractivity contribution in [1.29, 1.82) is 0 Å². The van der Waals surface area contributed by atoms with E-state index in [1.165, 1.54) is 0 Å². The topological polar surface area (TPSA) is 63.2 Å². The van der Waals surface area contributed by atoms with Crippen molar-refractivity contribution in [2.75, 3.05) is 19.0 Å². The summed E-state index contributed by atoms with van der Waals surface area (Å²) in [7, 11) is 1.65. The number of nitrogens with one attached hydrogen (secondary N) is 2. The van der Waals surface area contributed by atoms with Gasteiger partial charge in [-0.1, -0.05) is 30.3 Å². The van der Waals surface area contributed by atoms with Gasteiger partial charge in [0.1, 0.15) is 5.75 Å². The van der Waals surface area contributed by atoms with E-state index in [4.69, 9.17) is 4.74 Å². The zero-order valence-electron chi connectivity index (χ0n) is 14.2. The predicted octanol–water partition coefficient (Wildman–Crippen LogP) is 3.36. The van der Waals surface area contributed by atoms with Crippen LogP contribution in [0.2, 0.25) is 0 Å². The molecule has 5 heteroatoms. The molecule has 25 heavy (non-hydrogen) atoms.